The number of para-hydroxylation sites is 2. The number of benzene rings is 3. The number of carbonyl (C=O) groups excluding carboxylic acids is 1. The lowest BCUT2D eigenvalue weighted by atomic mass is 10.1. The Bertz CT molecular complexity index is 1250. The van der Waals surface area contributed by atoms with Crippen LogP contribution in [0.4, 0.5) is 4.39 Å². The van der Waals surface area contributed by atoms with E-state index in [9.17, 15) is 9.18 Å². The number of aromatic nitrogens is 2. The first-order valence-electron chi connectivity index (χ1n) is 11.8. The largest absolute Gasteiger partial charge is 0.492 e. The molecule has 5 nitrogen and oxygen atoms in total. The van der Waals surface area contributed by atoms with Crippen molar-refractivity contribution in [1.29, 1.82) is 0 Å². The fourth-order valence-corrected chi connectivity index (χ4v) is 4.05. The molecule has 0 bridgehead atoms. The molecule has 1 aromatic heterocycles. The molecule has 0 aliphatic rings. The number of rotatable bonds is 11. The molecule has 3 aromatic carbocycles. The molecule has 0 spiro atoms. The van der Waals surface area contributed by atoms with E-state index in [0.29, 0.717) is 13.2 Å². The normalized spacial score (nSPS) is 11.0. The summed E-state index contributed by atoms with van der Waals surface area (Å²) in [7, 11) is 0. The van der Waals surface area contributed by atoms with E-state index in [1.165, 1.54) is 17.7 Å². The van der Waals surface area contributed by atoms with Gasteiger partial charge in [0.1, 0.15) is 24.0 Å². The number of fused-ring (bicyclic) bond motifs is 1. The number of nitrogens with one attached hydrogen (secondary N) is 1. The third-order valence-corrected chi connectivity index (χ3v) is 5.79. The summed E-state index contributed by atoms with van der Waals surface area (Å²) >= 11 is 0. The number of unbranched alkanes of at least 4 members (excludes halogenated alkanes) is 2. The monoisotopic (exact) mass is 459 g/mol. The number of amides is 1. The maximum atomic E-state index is 13.7. The molecule has 4 aromatic rings. The fraction of sp³-hybridized carbons (Fsp3) is 0.286. The minimum absolute atomic E-state index is 0.0871. The highest BCUT2D eigenvalue weighted by Gasteiger charge is 2.12. The van der Waals surface area contributed by atoms with Crippen molar-refractivity contribution in [2.24, 2.45) is 0 Å². The summed E-state index contributed by atoms with van der Waals surface area (Å²) < 4.78 is 21.9. The van der Waals surface area contributed by atoms with E-state index in [4.69, 9.17) is 9.72 Å². The van der Waals surface area contributed by atoms with Crippen LogP contribution in [0.1, 0.15) is 41.0 Å². The third-order valence-electron chi connectivity index (χ3n) is 5.79. The highest BCUT2D eigenvalue weighted by atomic mass is 19.1. The van der Waals surface area contributed by atoms with Crippen molar-refractivity contribution in [1.82, 2.24) is 14.9 Å². The van der Waals surface area contributed by atoms with E-state index in [2.05, 4.69) is 28.9 Å². The molecular weight excluding hydrogens is 429 g/mol. The summed E-state index contributed by atoms with van der Waals surface area (Å²) in [5, 5.41) is 2.80. The van der Waals surface area contributed by atoms with Gasteiger partial charge in [0.05, 0.1) is 23.1 Å². The number of hydrogen-bond acceptors (Lipinski definition) is 3. The number of carbonyl (C=O) groups is 1. The van der Waals surface area contributed by atoms with Crippen LogP contribution in [0.3, 0.4) is 0 Å². The topological polar surface area (TPSA) is 56.1 Å². The third kappa shape index (κ3) is 6.01. The molecule has 0 unspecified atom stereocenters. The molecule has 1 N–H and O–H groups in total. The SMILES string of the molecule is Cc1cccc(OCCn2c(CCCCCNC(=O)c3ccccc3F)nc3ccccc32)c1. The van der Waals surface area contributed by atoms with Gasteiger partial charge in [-0.2, -0.15) is 0 Å². The zero-order valence-corrected chi connectivity index (χ0v) is 19.5. The molecule has 0 saturated heterocycles. The molecule has 0 aliphatic carbocycles. The van der Waals surface area contributed by atoms with E-state index < -0.39 is 5.82 Å². The number of ether oxygens (including phenoxy) is 1. The summed E-state index contributed by atoms with van der Waals surface area (Å²) in [6, 6.07) is 22.3. The molecular formula is C28H30FN3O2. The molecule has 0 fully saturated rings. The van der Waals surface area contributed by atoms with Crippen molar-refractivity contribution < 1.29 is 13.9 Å². The van der Waals surface area contributed by atoms with Gasteiger partial charge in [0.15, 0.2) is 0 Å². The van der Waals surface area contributed by atoms with Gasteiger partial charge in [-0.3, -0.25) is 4.79 Å². The van der Waals surface area contributed by atoms with Crippen molar-refractivity contribution in [3.05, 3.63) is 95.6 Å². The molecule has 1 heterocycles. The average molecular weight is 460 g/mol. The smallest absolute Gasteiger partial charge is 0.254 e. The molecule has 4 rings (SSSR count). The maximum Gasteiger partial charge on any atom is 0.254 e. The second kappa shape index (κ2) is 11.5. The lowest BCUT2D eigenvalue weighted by molar-refractivity contribution is 0.0949. The van der Waals surface area contributed by atoms with Crippen molar-refractivity contribution in [2.75, 3.05) is 13.2 Å². The van der Waals surface area contributed by atoms with Gasteiger partial charge in [-0.15, -0.1) is 0 Å². The Kier molecular flexibility index (Phi) is 7.91. The zero-order valence-electron chi connectivity index (χ0n) is 19.5. The summed E-state index contributed by atoms with van der Waals surface area (Å²) in [4.78, 5) is 17.0. The van der Waals surface area contributed by atoms with E-state index in [-0.39, 0.29) is 11.5 Å². The Morgan fingerprint density at radius 3 is 2.68 bits per heavy atom. The zero-order chi connectivity index (χ0) is 23.8. The lowest BCUT2D eigenvalue weighted by Gasteiger charge is -2.11. The Hall–Kier alpha value is -3.67. The van der Waals surface area contributed by atoms with Crippen LogP contribution in [0, 0.1) is 12.7 Å². The van der Waals surface area contributed by atoms with Crippen molar-refractivity contribution in [3.63, 3.8) is 0 Å². The first-order chi connectivity index (χ1) is 16.6. The molecule has 0 radical (unpaired) electrons. The molecule has 6 heteroatoms. The first-order valence-corrected chi connectivity index (χ1v) is 11.8. The van der Waals surface area contributed by atoms with Gasteiger partial charge in [-0.1, -0.05) is 42.8 Å². The highest BCUT2D eigenvalue weighted by Crippen LogP contribution is 2.19. The average Bonchev–Trinajstić information content (AvgIpc) is 3.19. The Labute approximate surface area is 199 Å². The predicted molar refractivity (Wildman–Crippen MR) is 133 cm³/mol. The minimum atomic E-state index is -0.495. The van der Waals surface area contributed by atoms with E-state index in [0.717, 1.165) is 54.8 Å². The highest BCUT2D eigenvalue weighted by molar-refractivity contribution is 5.94. The Balaban J connectivity index is 1.28. The van der Waals surface area contributed by atoms with Crippen LogP contribution in [0.25, 0.3) is 11.0 Å². The maximum absolute atomic E-state index is 13.7. The number of aryl methyl sites for hydroxylation is 2. The molecule has 0 saturated carbocycles. The molecule has 0 atom stereocenters. The minimum Gasteiger partial charge on any atom is -0.492 e. The van der Waals surface area contributed by atoms with Crippen LogP contribution >= 0.6 is 0 Å². The van der Waals surface area contributed by atoms with E-state index in [1.807, 2.05) is 36.4 Å². The van der Waals surface area contributed by atoms with Crippen LogP contribution in [-0.4, -0.2) is 28.6 Å². The number of hydrogen-bond donors (Lipinski definition) is 1. The molecule has 34 heavy (non-hydrogen) atoms. The van der Waals surface area contributed by atoms with Crippen LogP contribution in [0.5, 0.6) is 5.75 Å². The van der Waals surface area contributed by atoms with E-state index in [1.54, 1.807) is 12.1 Å². The summed E-state index contributed by atoms with van der Waals surface area (Å²) in [5.74, 6) is 1.06. The number of halogens is 1. The standard InChI is InChI=1S/C28H30FN3O2/c1-21-10-9-11-22(20-21)34-19-18-32-26-15-7-6-14-25(26)31-27(32)16-3-2-8-17-30-28(33)23-12-4-5-13-24(23)29/h4-7,9-15,20H,2-3,8,16-19H2,1H3,(H,30,33). The van der Waals surface area contributed by atoms with E-state index >= 15 is 0 Å². The van der Waals surface area contributed by atoms with Crippen molar-refractivity contribution in [3.8, 4) is 5.75 Å². The second-order valence-corrected chi connectivity index (χ2v) is 8.38. The van der Waals surface area contributed by atoms with Gasteiger partial charge < -0.3 is 14.6 Å². The van der Waals surface area contributed by atoms with Gasteiger partial charge in [0, 0.05) is 13.0 Å². The second-order valence-electron chi connectivity index (χ2n) is 8.38. The van der Waals surface area contributed by atoms with Crippen LogP contribution < -0.4 is 10.1 Å². The Morgan fingerprint density at radius 2 is 1.82 bits per heavy atom. The van der Waals surface area contributed by atoms with Gasteiger partial charge in [0.2, 0.25) is 0 Å². The van der Waals surface area contributed by atoms with Gasteiger partial charge in [0.25, 0.3) is 5.91 Å². The summed E-state index contributed by atoms with van der Waals surface area (Å²) in [6.45, 7) is 3.87. The Morgan fingerprint density at radius 1 is 1.00 bits per heavy atom. The number of nitrogens with zero attached hydrogens (tertiary/aromatic N) is 2. The molecule has 176 valence electrons. The van der Waals surface area contributed by atoms with Crippen molar-refractivity contribution >= 4 is 16.9 Å². The van der Waals surface area contributed by atoms with Gasteiger partial charge >= 0.3 is 0 Å². The molecule has 0 aliphatic heterocycles. The fourth-order valence-electron chi connectivity index (χ4n) is 4.05. The summed E-state index contributed by atoms with van der Waals surface area (Å²) in [6.07, 6.45) is 3.58. The quantitative estimate of drug-likeness (QED) is 0.293. The summed E-state index contributed by atoms with van der Waals surface area (Å²) in [5.41, 5.74) is 3.37. The first kappa shape index (κ1) is 23.5. The van der Waals surface area contributed by atoms with Gasteiger partial charge in [-0.05, 0) is 61.7 Å². The predicted octanol–water partition coefficient (Wildman–Crippen LogP) is 5.71. The van der Waals surface area contributed by atoms with Crippen LogP contribution in [-0.2, 0) is 13.0 Å². The van der Waals surface area contributed by atoms with Gasteiger partial charge in [-0.25, -0.2) is 9.37 Å². The number of imidazole rings is 1. The molecule has 1 amide bonds. The van der Waals surface area contributed by atoms with Crippen molar-refractivity contribution in [2.45, 2.75) is 39.2 Å². The van der Waals surface area contributed by atoms with Crippen LogP contribution in [0.2, 0.25) is 0 Å². The van der Waals surface area contributed by atoms with Crippen LogP contribution in [0.15, 0.2) is 72.8 Å². The lowest BCUT2D eigenvalue weighted by Crippen LogP contribution is -2.25.